The number of benzene rings is 1. The lowest BCUT2D eigenvalue weighted by Gasteiger charge is -2.13. The highest BCUT2D eigenvalue weighted by atomic mass is 79.9. The molecule has 21 heavy (non-hydrogen) atoms. The van der Waals surface area contributed by atoms with Crippen molar-refractivity contribution in [2.24, 2.45) is 0 Å². The van der Waals surface area contributed by atoms with Crippen LogP contribution in [0.3, 0.4) is 0 Å². The predicted octanol–water partition coefficient (Wildman–Crippen LogP) is 3.80. The van der Waals surface area contributed by atoms with E-state index < -0.39 is 0 Å². The second-order valence-electron chi connectivity index (χ2n) is 4.50. The van der Waals surface area contributed by atoms with Crippen LogP contribution in [-0.4, -0.2) is 16.6 Å². The van der Waals surface area contributed by atoms with E-state index in [9.17, 15) is 4.39 Å². The molecule has 0 spiro atoms. The Bertz CT molecular complexity index is 651. The summed E-state index contributed by atoms with van der Waals surface area (Å²) in [7, 11) is 0. The summed E-state index contributed by atoms with van der Waals surface area (Å²) in [4.78, 5) is 8.07. The molecule has 5 nitrogen and oxygen atoms in total. The summed E-state index contributed by atoms with van der Waals surface area (Å²) in [6.45, 7) is 4.37. The van der Waals surface area contributed by atoms with Gasteiger partial charge in [-0.1, -0.05) is 6.92 Å². The Kier molecular flexibility index (Phi) is 4.95. The molecule has 112 valence electrons. The summed E-state index contributed by atoms with van der Waals surface area (Å²) in [5.41, 5.74) is 7.72. The zero-order valence-electron chi connectivity index (χ0n) is 11.8. The molecule has 0 saturated carbocycles. The Balaban J connectivity index is 2.29. The van der Waals surface area contributed by atoms with Crippen LogP contribution in [0.4, 0.5) is 21.6 Å². The van der Waals surface area contributed by atoms with Crippen molar-refractivity contribution < 1.29 is 9.13 Å². The number of nitrogens with two attached hydrogens (primary N) is 1. The topological polar surface area (TPSA) is 73.1 Å². The second kappa shape index (κ2) is 6.71. The predicted molar refractivity (Wildman–Crippen MR) is 84.4 cm³/mol. The molecule has 0 aliphatic carbocycles. The molecule has 0 aliphatic rings. The van der Waals surface area contributed by atoms with Crippen molar-refractivity contribution >= 4 is 33.1 Å². The van der Waals surface area contributed by atoms with Crippen LogP contribution in [0.15, 0.2) is 22.9 Å². The van der Waals surface area contributed by atoms with Gasteiger partial charge >= 0.3 is 0 Å². The highest BCUT2D eigenvalue weighted by molar-refractivity contribution is 9.10. The van der Waals surface area contributed by atoms with Gasteiger partial charge in [0.1, 0.15) is 17.8 Å². The van der Waals surface area contributed by atoms with Crippen LogP contribution in [0.25, 0.3) is 0 Å². The Morgan fingerprint density at radius 2 is 2.14 bits per heavy atom. The lowest BCUT2D eigenvalue weighted by atomic mass is 10.2. The number of nitrogen functional groups attached to an aromatic ring is 1. The molecular weight excluding hydrogens is 339 g/mol. The number of nitrogens with one attached hydrogen (secondary N) is 1. The van der Waals surface area contributed by atoms with E-state index in [2.05, 4.69) is 31.2 Å². The van der Waals surface area contributed by atoms with Gasteiger partial charge in [0.2, 0.25) is 5.88 Å². The molecule has 0 unspecified atom stereocenters. The maximum Gasteiger partial charge on any atom is 0.242 e. The Morgan fingerprint density at radius 1 is 1.38 bits per heavy atom. The fraction of sp³-hybridized carbons (Fsp3) is 0.286. The monoisotopic (exact) mass is 354 g/mol. The number of nitrogens with zero attached hydrogens (tertiary/aromatic N) is 2. The zero-order chi connectivity index (χ0) is 15.4. The molecule has 0 radical (unpaired) electrons. The Labute approximate surface area is 130 Å². The molecule has 1 aromatic heterocycles. The first-order valence-electron chi connectivity index (χ1n) is 6.48. The van der Waals surface area contributed by atoms with Gasteiger partial charge in [0.15, 0.2) is 5.82 Å². The SMILES string of the molecule is CCCOc1ncnc(Nc2cc(F)c(Br)cc2C)c1N. The van der Waals surface area contributed by atoms with E-state index in [1.165, 1.54) is 12.4 Å². The van der Waals surface area contributed by atoms with Crippen LogP contribution in [0.5, 0.6) is 5.88 Å². The molecule has 1 heterocycles. The van der Waals surface area contributed by atoms with Crippen LogP contribution < -0.4 is 15.8 Å². The summed E-state index contributed by atoms with van der Waals surface area (Å²) >= 11 is 3.15. The van der Waals surface area contributed by atoms with Gasteiger partial charge < -0.3 is 15.8 Å². The number of halogens is 2. The molecule has 2 rings (SSSR count). The molecule has 0 fully saturated rings. The van der Waals surface area contributed by atoms with E-state index in [1.807, 2.05) is 13.8 Å². The van der Waals surface area contributed by atoms with E-state index >= 15 is 0 Å². The van der Waals surface area contributed by atoms with Crippen molar-refractivity contribution in [1.29, 1.82) is 0 Å². The van der Waals surface area contributed by atoms with Crippen LogP contribution in [0.1, 0.15) is 18.9 Å². The molecule has 0 saturated heterocycles. The summed E-state index contributed by atoms with van der Waals surface area (Å²) in [6.07, 6.45) is 2.21. The van der Waals surface area contributed by atoms with Crippen molar-refractivity contribution in [3.05, 3.63) is 34.3 Å². The van der Waals surface area contributed by atoms with Crippen molar-refractivity contribution in [3.8, 4) is 5.88 Å². The molecule has 0 amide bonds. The third kappa shape index (κ3) is 3.60. The number of aromatic nitrogens is 2. The third-order valence-corrected chi connectivity index (χ3v) is 3.42. The van der Waals surface area contributed by atoms with E-state index in [0.29, 0.717) is 34.2 Å². The maximum absolute atomic E-state index is 13.6. The number of anilines is 3. The largest absolute Gasteiger partial charge is 0.476 e. The van der Waals surface area contributed by atoms with Gasteiger partial charge in [0.05, 0.1) is 11.1 Å². The number of hydrogen-bond acceptors (Lipinski definition) is 5. The first-order valence-corrected chi connectivity index (χ1v) is 7.28. The summed E-state index contributed by atoms with van der Waals surface area (Å²) in [5, 5.41) is 3.01. The minimum absolute atomic E-state index is 0.300. The van der Waals surface area contributed by atoms with Gasteiger partial charge in [0.25, 0.3) is 0 Å². The van der Waals surface area contributed by atoms with Crippen molar-refractivity contribution in [2.45, 2.75) is 20.3 Å². The first kappa shape index (κ1) is 15.5. The van der Waals surface area contributed by atoms with Crippen LogP contribution >= 0.6 is 15.9 Å². The van der Waals surface area contributed by atoms with Crippen LogP contribution in [0, 0.1) is 12.7 Å². The molecule has 1 aromatic carbocycles. The summed E-state index contributed by atoms with van der Waals surface area (Å²) in [5.74, 6) is 0.351. The van der Waals surface area contributed by atoms with E-state index in [-0.39, 0.29) is 5.82 Å². The van der Waals surface area contributed by atoms with Gasteiger partial charge in [-0.3, -0.25) is 0 Å². The van der Waals surface area contributed by atoms with E-state index in [1.54, 1.807) is 6.07 Å². The van der Waals surface area contributed by atoms with Gasteiger partial charge in [-0.25, -0.2) is 9.37 Å². The highest BCUT2D eigenvalue weighted by Crippen LogP contribution is 2.30. The zero-order valence-corrected chi connectivity index (χ0v) is 13.4. The smallest absolute Gasteiger partial charge is 0.242 e. The Hall–Kier alpha value is -1.89. The lowest BCUT2D eigenvalue weighted by molar-refractivity contribution is 0.307. The van der Waals surface area contributed by atoms with Gasteiger partial charge in [-0.2, -0.15) is 4.98 Å². The first-order chi connectivity index (χ1) is 10.0. The number of hydrogen-bond donors (Lipinski definition) is 2. The molecule has 7 heteroatoms. The van der Waals surface area contributed by atoms with E-state index in [0.717, 1.165) is 12.0 Å². The summed E-state index contributed by atoms with van der Waals surface area (Å²) < 4.78 is 19.5. The number of aryl methyl sites for hydroxylation is 1. The lowest BCUT2D eigenvalue weighted by Crippen LogP contribution is -2.06. The molecule has 3 N–H and O–H groups in total. The van der Waals surface area contributed by atoms with Crippen molar-refractivity contribution in [3.63, 3.8) is 0 Å². The average Bonchev–Trinajstić information content (AvgIpc) is 2.45. The van der Waals surface area contributed by atoms with E-state index in [4.69, 9.17) is 10.5 Å². The van der Waals surface area contributed by atoms with Crippen LogP contribution in [0.2, 0.25) is 0 Å². The van der Waals surface area contributed by atoms with Crippen LogP contribution in [-0.2, 0) is 0 Å². The molecule has 0 atom stereocenters. The average molecular weight is 355 g/mol. The third-order valence-electron chi connectivity index (χ3n) is 2.81. The minimum Gasteiger partial charge on any atom is -0.476 e. The quantitative estimate of drug-likeness (QED) is 0.854. The maximum atomic E-state index is 13.6. The summed E-state index contributed by atoms with van der Waals surface area (Å²) in [6, 6.07) is 3.07. The second-order valence-corrected chi connectivity index (χ2v) is 5.35. The Morgan fingerprint density at radius 3 is 2.86 bits per heavy atom. The standard InChI is InChI=1S/C14H16BrFN4O/c1-3-4-21-14-12(17)13(18-7-19-14)20-11-6-10(16)9(15)5-8(11)2/h5-7H,3-4,17H2,1-2H3,(H,18,19,20). The molecular formula is C14H16BrFN4O. The normalized spacial score (nSPS) is 10.5. The number of rotatable bonds is 5. The molecule has 0 aliphatic heterocycles. The van der Waals surface area contributed by atoms with Gasteiger partial charge in [-0.05, 0) is 47.0 Å². The molecule has 0 bridgehead atoms. The minimum atomic E-state index is -0.363. The van der Waals surface area contributed by atoms with Gasteiger partial charge in [0, 0.05) is 5.69 Å². The fourth-order valence-electron chi connectivity index (χ4n) is 1.70. The van der Waals surface area contributed by atoms with Gasteiger partial charge in [-0.15, -0.1) is 0 Å². The fourth-order valence-corrected chi connectivity index (χ4v) is 2.16. The number of ether oxygens (including phenoxy) is 1. The molecule has 2 aromatic rings. The van der Waals surface area contributed by atoms with Crippen molar-refractivity contribution in [2.75, 3.05) is 17.7 Å². The highest BCUT2D eigenvalue weighted by Gasteiger charge is 2.12. The van der Waals surface area contributed by atoms with Crippen molar-refractivity contribution in [1.82, 2.24) is 9.97 Å².